The zero-order valence-electron chi connectivity index (χ0n) is 11.0. The van der Waals surface area contributed by atoms with E-state index in [4.69, 9.17) is 4.98 Å². The molecular formula is C17H14N2O. The van der Waals surface area contributed by atoms with E-state index >= 15 is 0 Å². The average Bonchev–Trinajstić information content (AvgIpc) is 2.93. The van der Waals surface area contributed by atoms with Gasteiger partial charge in [0.2, 0.25) is 6.41 Å². The van der Waals surface area contributed by atoms with Gasteiger partial charge >= 0.3 is 0 Å². The maximum atomic E-state index is 10.8. The molecule has 0 spiro atoms. The van der Waals surface area contributed by atoms with Crippen LogP contribution in [0.15, 0.2) is 36.4 Å². The second-order valence-corrected chi connectivity index (χ2v) is 5.25. The number of aryl methyl sites for hydroxylation is 2. The summed E-state index contributed by atoms with van der Waals surface area (Å²) in [6, 6.07) is 12.3. The lowest BCUT2D eigenvalue weighted by Gasteiger charge is -2.10. The SMILES string of the molecule is O=CNc1cc2cc3c(nc2c2ccccc12)CCC3. The molecule has 0 atom stereocenters. The first-order chi connectivity index (χ1) is 9.86. The number of hydrogen-bond acceptors (Lipinski definition) is 2. The van der Waals surface area contributed by atoms with Crippen LogP contribution in [0.5, 0.6) is 0 Å². The van der Waals surface area contributed by atoms with Crippen LogP contribution < -0.4 is 5.32 Å². The molecule has 0 fully saturated rings. The standard InChI is InChI=1S/C17H14N2O/c20-10-18-16-9-12-8-11-4-3-7-15(11)19-17(12)14-6-2-1-5-13(14)16/h1-2,5-6,8-10H,3-4,7H2,(H,18,20). The van der Waals surface area contributed by atoms with Crippen molar-refractivity contribution in [1.29, 1.82) is 0 Å². The number of carbonyl (C=O) groups is 1. The van der Waals surface area contributed by atoms with Crippen molar-refractivity contribution in [2.24, 2.45) is 0 Å². The molecule has 0 bridgehead atoms. The van der Waals surface area contributed by atoms with Crippen LogP contribution in [0, 0.1) is 0 Å². The molecule has 0 aliphatic heterocycles. The van der Waals surface area contributed by atoms with Crippen molar-refractivity contribution in [1.82, 2.24) is 4.98 Å². The first-order valence-electron chi connectivity index (χ1n) is 6.91. The van der Waals surface area contributed by atoms with Gasteiger partial charge in [-0.15, -0.1) is 0 Å². The molecule has 3 nitrogen and oxygen atoms in total. The van der Waals surface area contributed by atoms with Crippen molar-refractivity contribution in [3.63, 3.8) is 0 Å². The molecule has 1 aromatic heterocycles. The number of aromatic nitrogens is 1. The van der Waals surface area contributed by atoms with Crippen molar-refractivity contribution in [3.8, 4) is 0 Å². The van der Waals surface area contributed by atoms with Crippen LogP contribution in [-0.2, 0) is 17.6 Å². The van der Waals surface area contributed by atoms with E-state index in [1.54, 1.807) is 0 Å². The Bertz CT molecular complexity index is 839. The van der Waals surface area contributed by atoms with Crippen LogP contribution in [0.3, 0.4) is 0 Å². The minimum Gasteiger partial charge on any atom is -0.328 e. The second kappa shape index (κ2) is 4.30. The predicted molar refractivity (Wildman–Crippen MR) is 81.0 cm³/mol. The van der Waals surface area contributed by atoms with Crippen LogP contribution in [0.4, 0.5) is 5.69 Å². The summed E-state index contributed by atoms with van der Waals surface area (Å²) in [6.07, 6.45) is 4.11. The Balaban J connectivity index is 2.13. The molecule has 20 heavy (non-hydrogen) atoms. The van der Waals surface area contributed by atoms with Crippen LogP contribution in [0.25, 0.3) is 21.7 Å². The molecule has 1 amide bonds. The third kappa shape index (κ3) is 1.59. The second-order valence-electron chi connectivity index (χ2n) is 5.25. The first kappa shape index (κ1) is 11.4. The summed E-state index contributed by atoms with van der Waals surface area (Å²) in [5.41, 5.74) is 4.48. The van der Waals surface area contributed by atoms with Gasteiger partial charge in [-0.25, -0.2) is 0 Å². The fourth-order valence-corrected chi connectivity index (χ4v) is 3.16. The summed E-state index contributed by atoms with van der Waals surface area (Å²) in [5.74, 6) is 0. The third-order valence-electron chi connectivity index (χ3n) is 4.07. The average molecular weight is 262 g/mol. The van der Waals surface area contributed by atoms with Gasteiger partial charge in [0.1, 0.15) is 0 Å². The fraction of sp³-hybridized carbons (Fsp3) is 0.176. The topological polar surface area (TPSA) is 42.0 Å². The number of fused-ring (bicyclic) bond motifs is 4. The quantitative estimate of drug-likeness (QED) is 0.567. The van der Waals surface area contributed by atoms with Gasteiger partial charge in [-0.3, -0.25) is 9.78 Å². The van der Waals surface area contributed by atoms with E-state index < -0.39 is 0 Å². The summed E-state index contributed by atoms with van der Waals surface area (Å²) in [4.78, 5) is 15.7. The lowest BCUT2D eigenvalue weighted by molar-refractivity contribution is -0.105. The molecule has 1 aliphatic rings. The molecule has 1 N–H and O–H groups in total. The van der Waals surface area contributed by atoms with E-state index in [2.05, 4.69) is 17.4 Å². The summed E-state index contributed by atoms with van der Waals surface area (Å²) >= 11 is 0. The maximum absolute atomic E-state index is 10.8. The Morgan fingerprint density at radius 2 is 1.95 bits per heavy atom. The van der Waals surface area contributed by atoms with Gasteiger partial charge in [0.25, 0.3) is 0 Å². The Labute approximate surface area is 116 Å². The predicted octanol–water partition coefficient (Wildman–Crippen LogP) is 3.45. The van der Waals surface area contributed by atoms with Crippen molar-refractivity contribution in [2.45, 2.75) is 19.3 Å². The first-order valence-corrected chi connectivity index (χ1v) is 6.91. The number of pyridine rings is 1. The van der Waals surface area contributed by atoms with Gasteiger partial charge in [-0.2, -0.15) is 0 Å². The zero-order chi connectivity index (χ0) is 13.5. The highest BCUT2D eigenvalue weighted by atomic mass is 16.1. The molecule has 1 aliphatic carbocycles. The van der Waals surface area contributed by atoms with Crippen molar-refractivity contribution >= 4 is 33.8 Å². The molecule has 0 saturated carbocycles. The number of benzene rings is 2. The van der Waals surface area contributed by atoms with E-state index in [-0.39, 0.29) is 0 Å². The molecule has 4 rings (SSSR count). The number of nitrogens with one attached hydrogen (secondary N) is 1. The normalized spacial score (nSPS) is 13.6. The number of hydrogen-bond donors (Lipinski definition) is 1. The number of nitrogens with zero attached hydrogens (tertiary/aromatic N) is 1. The lowest BCUT2D eigenvalue weighted by Crippen LogP contribution is -1.97. The highest BCUT2D eigenvalue weighted by Gasteiger charge is 2.15. The maximum Gasteiger partial charge on any atom is 0.211 e. The zero-order valence-corrected chi connectivity index (χ0v) is 11.0. The summed E-state index contributed by atoms with van der Waals surface area (Å²) < 4.78 is 0. The Morgan fingerprint density at radius 1 is 1.10 bits per heavy atom. The van der Waals surface area contributed by atoms with E-state index in [0.717, 1.165) is 46.6 Å². The van der Waals surface area contributed by atoms with Crippen molar-refractivity contribution < 1.29 is 4.79 Å². The molecule has 98 valence electrons. The molecule has 0 saturated heterocycles. The van der Waals surface area contributed by atoms with Gasteiger partial charge in [0, 0.05) is 27.5 Å². The molecule has 3 heteroatoms. The summed E-state index contributed by atoms with van der Waals surface area (Å²) in [6.45, 7) is 0. The summed E-state index contributed by atoms with van der Waals surface area (Å²) in [7, 11) is 0. The van der Waals surface area contributed by atoms with Gasteiger partial charge in [0.05, 0.1) is 5.52 Å². The largest absolute Gasteiger partial charge is 0.328 e. The van der Waals surface area contributed by atoms with Crippen LogP contribution >= 0.6 is 0 Å². The fourth-order valence-electron chi connectivity index (χ4n) is 3.16. The minimum atomic E-state index is 0.731. The highest BCUT2D eigenvalue weighted by molar-refractivity contribution is 6.12. The van der Waals surface area contributed by atoms with Gasteiger partial charge in [-0.05, 0) is 37.0 Å². The van der Waals surface area contributed by atoms with Gasteiger partial charge < -0.3 is 5.32 Å². The number of carbonyl (C=O) groups excluding carboxylic acids is 1. The molecular weight excluding hydrogens is 248 g/mol. The van der Waals surface area contributed by atoms with Crippen molar-refractivity contribution in [3.05, 3.63) is 47.7 Å². The molecule has 2 aromatic carbocycles. The Morgan fingerprint density at radius 3 is 2.80 bits per heavy atom. The molecule has 3 aromatic rings. The molecule has 1 heterocycles. The van der Waals surface area contributed by atoms with Crippen LogP contribution in [-0.4, -0.2) is 11.4 Å². The van der Waals surface area contributed by atoms with Gasteiger partial charge in [-0.1, -0.05) is 24.3 Å². The smallest absolute Gasteiger partial charge is 0.211 e. The monoisotopic (exact) mass is 262 g/mol. The highest BCUT2D eigenvalue weighted by Crippen LogP contribution is 2.33. The van der Waals surface area contributed by atoms with Crippen LogP contribution in [0.2, 0.25) is 0 Å². The number of amides is 1. The third-order valence-corrected chi connectivity index (χ3v) is 4.07. The number of rotatable bonds is 2. The van der Waals surface area contributed by atoms with Crippen LogP contribution in [0.1, 0.15) is 17.7 Å². The Kier molecular flexibility index (Phi) is 2.46. The molecule has 0 unspecified atom stereocenters. The van der Waals surface area contributed by atoms with E-state index in [1.807, 2.05) is 24.3 Å². The summed E-state index contributed by atoms with van der Waals surface area (Å²) in [5, 5.41) is 6.05. The lowest BCUT2D eigenvalue weighted by atomic mass is 10.0. The van der Waals surface area contributed by atoms with E-state index in [9.17, 15) is 4.79 Å². The van der Waals surface area contributed by atoms with Gasteiger partial charge in [0.15, 0.2) is 0 Å². The van der Waals surface area contributed by atoms with E-state index in [0.29, 0.717) is 0 Å². The minimum absolute atomic E-state index is 0.731. The van der Waals surface area contributed by atoms with Crippen molar-refractivity contribution in [2.75, 3.05) is 5.32 Å². The van der Waals surface area contributed by atoms with E-state index in [1.165, 1.54) is 17.7 Å². The Hall–Kier alpha value is -2.42. The number of anilines is 1. The molecule has 0 radical (unpaired) electrons.